The molecule has 0 aromatic heterocycles. The number of carbonyl (C=O) groups excluding carboxylic acids is 2. The van der Waals surface area contributed by atoms with E-state index < -0.39 is 0 Å². The minimum absolute atomic E-state index is 0.0318. The third-order valence-electron chi connectivity index (χ3n) is 4.08. The Kier molecular flexibility index (Phi) is 2.81. The Morgan fingerprint density at radius 2 is 1.87 bits per heavy atom. The highest BCUT2D eigenvalue weighted by atomic mass is 16.2. The van der Waals surface area contributed by atoms with E-state index in [1.165, 1.54) is 19.3 Å². The molecule has 2 aliphatic rings. The zero-order valence-corrected chi connectivity index (χ0v) is 9.34. The SMILES string of the molecule is CC1(C2CCC(=O)NC2=O)CCCCC1. The fourth-order valence-corrected chi connectivity index (χ4v) is 3.07. The van der Waals surface area contributed by atoms with Crippen LogP contribution in [0, 0.1) is 11.3 Å². The minimum Gasteiger partial charge on any atom is -0.296 e. The van der Waals surface area contributed by atoms with Crippen LogP contribution in [0.4, 0.5) is 0 Å². The maximum Gasteiger partial charge on any atom is 0.230 e. The summed E-state index contributed by atoms with van der Waals surface area (Å²) in [7, 11) is 0. The quantitative estimate of drug-likeness (QED) is 0.671. The van der Waals surface area contributed by atoms with E-state index >= 15 is 0 Å². The van der Waals surface area contributed by atoms with Crippen molar-refractivity contribution in [3.8, 4) is 0 Å². The molecule has 1 aliphatic carbocycles. The van der Waals surface area contributed by atoms with Gasteiger partial charge in [-0.1, -0.05) is 26.2 Å². The standard InChI is InChI=1S/C12H19NO2/c1-12(7-3-2-4-8-12)9-5-6-10(14)13-11(9)15/h9H,2-8H2,1H3,(H,13,14,15). The van der Waals surface area contributed by atoms with E-state index in [1.807, 2.05) is 0 Å². The first kappa shape index (κ1) is 10.7. The van der Waals surface area contributed by atoms with Gasteiger partial charge in [0, 0.05) is 12.3 Å². The summed E-state index contributed by atoms with van der Waals surface area (Å²) in [5.41, 5.74) is 0.142. The molecule has 2 rings (SSSR count). The van der Waals surface area contributed by atoms with Gasteiger partial charge in [-0.2, -0.15) is 0 Å². The lowest BCUT2D eigenvalue weighted by molar-refractivity contribution is -0.140. The number of piperidine rings is 1. The van der Waals surface area contributed by atoms with Gasteiger partial charge in [-0.15, -0.1) is 0 Å². The van der Waals surface area contributed by atoms with E-state index in [2.05, 4.69) is 12.2 Å². The molecule has 1 aliphatic heterocycles. The smallest absolute Gasteiger partial charge is 0.230 e. The van der Waals surface area contributed by atoms with E-state index in [1.54, 1.807) is 0 Å². The second-order valence-electron chi connectivity index (χ2n) is 5.22. The Labute approximate surface area is 90.6 Å². The number of amides is 2. The molecule has 0 spiro atoms. The van der Waals surface area contributed by atoms with E-state index in [-0.39, 0.29) is 23.1 Å². The van der Waals surface area contributed by atoms with Gasteiger partial charge in [-0.05, 0) is 24.7 Å². The summed E-state index contributed by atoms with van der Waals surface area (Å²) in [6.45, 7) is 2.21. The van der Waals surface area contributed by atoms with Crippen molar-refractivity contribution in [3.63, 3.8) is 0 Å². The summed E-state index contributed by atoms with van der Waals surface area (Å²) >= 11 is 0. The molecule has 0 aromatic rings. The predicted octanol–water partition coefficient (Wildman–Crippen LogP) is 2.01. The Bertz CT molecular complexity index is 279. The van der Waals surface area contributed by atoms with Crippen LogP contribution < -0.4 is 5.32 Å². The summed E-state index contributed by atoms with van der Waals surface area (Å²) in [5, 5.41) is 2.47. The highest BCUT2D eigenvalue weighted by Crippen LogP contribution is 2.44. The Hall–Kier alpha value is -0.860. The Balaban J connectivity index is 2.08. The van der Waals surface area contributed by atoms with E-state index in [0.29, 0.717) is 6.42 Å². The van der Waals surface area contributed by atoms with Gasteiger partial charge >= 0.3 is 0 Å². The predicted molar refractivity (Wildman–Crippen MR) is 57.1 cm³/mol. The minimum atomic E-state index is -0.101. The average molecular weight is 209 g/mol. The van der Waals surface area contributed by atoms with Crippen molar-refractivity contribution >= 4 is 11.8 Å². The largest absolute Gasteiger partial charge is 0.296 e. The summed E-state index contributed by atoms with van der Waals surface area (Å²) in [6.07, 6.45) is 7.30. The summed E-state index contributed by atoms with van der Waals surface area (Å²) in [4.78, 5) is 22.9. The van der Waals surface area contributed by atoms with Crippen LogP contribution in [0.1, 0.15) is 51.9 Å². The van der Waals surface area contributed by atoms with Crippen molar-refractivity contribution in [2.45, 2.75) is 51.9 Å². The van der Waals surface area contributed by atoms with Crippen LogP contribution in [0.25, 0.3) is 0 Å². The first-order chi connectivity index (χ1) is 7.12. The van der Waals surface area contributed by atoms with E-state index in [0.717, 1.165) is 19.3 Å². The second-order valence-corrected chi connectivity index (χ2v) is 5.22. The average Bonchev–Trinajstić information content (AvgIpc) is 2.18. The zero-order chi connectivity index (χ0) is 10.9. The third kappa shape index (κ3) is 2.06. The molecule has 1 heterocycles. The maximum absolute atomic E-state index is 11.8. The molecule has 0 aromatic carbocycles. The van der Waals surface area contributed by atoms with Gasteiger partial charge in [-0.25, -0.2) is 0 Å². The van der Waals surface area contributed by atoms with Gasteiger partial charge < -0.3 is 0 Å². The van der Waals surface area contributed by atoms with Crippen LogP contribution in [0.5, 0.6) is 0 Å². The van der Waals surface area contributed by atoms with Crippen LogP contribution in [-0.2, 0) is 9.59 Å². The molecule has 3 heteroatoms. The van der Waals surface area contributed by atoms with Crippen molar-refractivity contribution in [2.24, 2.45) is 11.3 Å². The van der Waals surface area contributed by atoms with Crippen molar-refractivity contribution in [1.82, 2.24) is 5.32 Å². The van der Waals surface area contributed by atoms with Crippen LogP contribution in [0.2, 0.25) is 0 Å². The van der Waals surface area contributed by atoms with Crippen LogP contribution in [0.3, 0.4) is 0 Å². The van der Waals surface area contributed by atoms with Crippen molar-refractivity contribution in [3.05, 3.63) is 0 Å². The molecule has 1 atom stereocenters. The van der Waals surface area contributed by atoms with Gasteiger partial charge in [0.25, 0.3) is 0 Å². The van der Waals surface area contributed by atoms with Gasteiger partial charge in [0.05, 0.1) is 0 Å². The zero-order valence-electron chi connectivity index (χ0n) is 9.34. The van der Waals surface area contributed by atoms with E-state index in [4.69, 9.17) is 0 Å². The van der Waals surface area contributed by atoms with Gasteiger partial charge in [0.2, 0.25) is 11.8 Å². The number of hydrogen-bond donors (Lipinski definition) is 1. The lowest BCUT2D eigenvalue weighted by Crippen LogP contribution is -2.47. The molecule has 1 N–H and O–H groups in total. The lowest BCUT2D eigenvalue weighted by atomic mass is 9.65. The Morgan fingerprint density at radius 1 is 1.20 bits per heavy atom. The first-order valence-electron chi connectivity index (χ1n) is 5.95. The van der Waals surface area contributed by atoms with Crippen molar-refractivity contribution in [2.75, 3.05) is 0 Å². The third-order valence-corrected chi connectivity index (χ3v) is 4.08. The molecule has 2 fully saturated rings. The molecular weight excluding hydrogens is 190 g/mol. The van der Waals surface area contributed by atoms with Gasteiger partial charge in [0.1, 0.15) is 0 Å². The fraction of sp³-hybridized carbons (Fsp3) is 0.833. The second kappa shape index (κ2) is 3.95. The van der Waals surface area contributed by atoms with Gasteiger partial charge in [0.15, 0.2) is 0 Å². The summed E-state index contributed by atoms with van der Waals surface area (Å²) in [5.74, 6) is -0.0678. The molecule has 84 valence electrons. The number of hydrogen-bond acceptors (Lipinski definition) is 2. The van der Waals surface area contributed by atoms with Gasteiger partial charge in [-0.3, -0.25) is 14.9 Å². The highest BCUT2D eigenvalue weighted by Gasteiger charge is 2.42. The Morgan fingerprint density at radius 3 is 2.47 bits per heavy atom. The van der Waals surface area contributed by atoms with Crippen LogP contribution in [-0.4, -0.2) is 11.8 Å². The number of nitrogens with one attached hydrogen (secondary N) is 1. The fourth-order valence-electron chi connectivity index (χ4n) is 3.07. The molecule has 1 saturated carbocycles. The molecule has 15 heavy (non-hydrogen) atoms. The summed E-state index contributed by atoms with van der Waals surface area (Å²) < 4.78 is 0. The van der Waals surface area contributed by atoms with Crippen molar-refractivity contribution < 1.29 is 9.59 Å². The lowest BCUT2D eigenvalue weighted by Gasteiger charge is -2.41. The molecule has 0 bridgehead atoms. The topological polar surface area (TPSA) is 46.2 Å². The van der Waals surface area contributed by atoms with Crippen molar-refractivity contribution in [1.29, 1.82) is 0 Å². The molecule has 2 amide bonds. The highest BCUT2D eigenvalue weighted by molar-refractivity contribution is 5.98. The van der Waals surface area contributed by atoms with E-state index in [9.17, 15) is 9.59 Å². The maximum atomic E-state index is 11.8. The molecule has 1 saturated heterocycles. The molecule has 1 unspecified atom stereocenters. The molecule has 3 nitrogen and oxygen atoms in total. The normalized spacial score (nSPS) is 31.1. The monoisotopic (exact) mass is 209 g/mol. The molecule has 0 radical (unpaired) electrons. The summed E-state index contributed by atoms with van der Waals surface area (Å²) in [6, 6.07) is 0. The van der Waals surface area contributed by atoms with Crippen LogP contribution >= 0.6 is 0 Å². The van der Waals surface area contributed by atoms with Crippen LogP contribution in [0.15, 0.2) is 0 Å². The molecular formula is C12H19NO2. The first-order valence-corrected chi connectivity index (χ1v) is 5.95. The number of carbonyl (C=O) groups is 2. The number of imide groups is 1. The number of rotatable bonds is 1.